The maximum atomic E-state index is 10.8. The fraction of sp³-hybridized carbons (Fsp3) is 0.250. The van der Waals surface area contributed by atoms with Crippen molar-refractivity contribution in [1.82, 2.24) is 0 Å². The van der Waals surface area contributed by atoms with Crippen molar-refractivity contribution < 1.29 is 76.3 Å². The summed E-state index contributed by atoms with van der Waals surface area (Å²) in [5.74, 6) is -1.35. The van der Waals surface area contributed by atoms with Crippen molar-refractivity contribution in [2.45, 2.75) is 13.8 Å². The molecule has 0 spiro atoms. The molecule has 0 bridgehead atoms. The van der Waals surface area contributed by atoms with Crippen molar-refractivity contribution >= 4 is 11.9 Å². The first kappa shape index (κ1) is 19.2. The second-order valence-electron chi connectivity index (χ2n) is 1.88. The van der Waals surface area contributed by atoms with Gasteiger partial charge in [0.15, 0.2) is 0 Å². The number of carbonyl (C=O) groups is 2. The van der Waals surface area contributed by atoms with Gasteiger partial charge in [0.1, 0.15) is 0 Å². The third-order valence-corrected chi connectivity index (χ3v) is 1.11. The van der Waals surface area contributed by atoms with Crippen LogP contribution in [0, 0.1) is 0 Å². The van der Waals surface area contributed by atoms with E-state index in [1.807, 2.05) is 0 Å². The second-order valence-corrected chi connectivity index (χ2v) is 1.88. The Labute approximate surface area is 125 Å². The van der Waals surface area contributed by atoms with Gasteiger partial charge in [-0.3, -0.25) is 0 Å². The summed E-state index contributed by atoms with van der Waals surface area (Å²) in [6.45, 7) is 6.41. The van der Waals surface area contributed by atoms with Gasteiger partial charge in [0.25, 0.3) is 0 Å². The summed E-state index contributed by atoms with van der Waals surface area (Å²) in [5, 5.41) is 0. The molecule has 0 unspecified atom stereocenters. The van der Waals surface area contributed by atoms with Gasteiger partial charge in [-0.2, -0.15) is 0 Å². The van der Waals surface area contributed by atoms with Crippen molar-refractivity contribution in [2.24, 2.45) is 0 Å². The van der Waals surface area contributed by atoms with Crippen molar-refractivity contribution in [3.8, 4) is 0 Å². The molecule has 5 heteroatoms. The van der Waals surface area contributed by atoms with Crippen molar-refractivity contribution in [2.75, 3.05) is 0 Å². The smallest absolute Gasteiger partial charge is 1.00 e. The first-order valence-corrected chi connectivity index (χ1v) is 3.13. The van der Waals surface area contributed by atoms with Gasteiger partial charge < -0.3 is 7.59 Å². The van der Waals surface area contributed by atoms with Crippen molar-refractivity contribution in [3.63, 3.8) is 0 Å². The first-order chi connectivity index (χ1) is 5.11. The van der Waals surface area contributed by atoms with Gasteiger partial charge in [-0.1, -0.05) is 12.7 Å². The van der Waals surface area contributed by atoms with Gasteiger partial charge >= 0.3 is 71.1 Å². The Bertz CT molecular complexity index is 230. The van der Waals surface area contributed by atoms with Crippen molar-refractivity contribution in [3.05, 3.63) is 24.3 Å². The number of hydrogen-bond donors (Lipinski definition) is 0. The Hall–Kier alpha value is 0.620. The van der Waals surface area contributed by atoms with Crippen LogP contribution in [0.15, 0.2) is 24.3 Å². The van der Waals surface area contributed by atoms with Crippen LogP contribution in [0.3, 0.4) is 0 Å². The molecule has 13 heavy (non-hydrogen) atoms. The molecule has 0 aromatic rings. The number of ether oxygens (including phenoxy) is 1. The third kappa shape index (κ3) is 8.94. The molecule has 0 aliphatic carbocycles. The molecule has 0 N–H and O–H groups in total. The predicted molar refractivity (Wildman–Crippen MR) is 43.0 cm³/mol. The molecule has 0 atom stereocenters. The Morgan fingerprint density at radius 1 is 1.38 bits per heavy atom. The molecule has 0 heterocycles. The van der Waals surface area contributed by atoms with E-state index in [0.29, 0.717) is 5.57 Å². The van der Waals surface area contributed by atoms with Crippen LogP contribution >= 0.6 is 0 Å². The van der Waals surface area contributed by atoms with Crippen LogP contribution in [0.4, 0.5) is 0 Å². The summed E-state index contributed by atoms with van der Waals surface area (Å²) in [6.07, 6.45) is 2.51. The number of carbonyl (C=O) groups excluding carboxylic acids is 2. The van der Waals surface area contributed by atoms with Gasteiger partial charge in [0.05, 0.1) is 0 Å². The van der Waals surface area contributed by atoms with Gasteiger partial charge in [0.2, 0.25) is 0 Å². The van der Waals surface area contributed by atoms with Gasteiger partial charge in [-0.05, 0) is 13.8 Å². The molecule has 0 aromatic heterocycles. The summed E-state index contributed by atoms with van der Waals surface area (Å²) < 4.78 is 4.29. The molecule has 0 saturated carbocycles. The van der Waals surface area contributed by atoms with Crippen LogP contribution < -0.4 is 59.1 Å². The van der Waals surface area contributed by atoms with Crippen LogP contribution in [0.5, 0.6) is 0 Å². The number of esters is 2. The van der Waals surface area contributed by atoms with Crippen LogP contribution in [-0.2, 0) is 14.3 Å². The second kappa shape index (κ2) is 10.7. The molecule has 64 valence electrons. The molecule has 0 amide bonds. The molecule has 0 radical (unpaired) electrons. The van der Waals surface area contributed by atoms with Crippen LogP contribution in [0.1, 0.15) is 16.7 Å². The zero-order valence-electron chi connectivity index (χ0n) is 10.6. The zero-order chi connectivity index (χ0) is 8.85. The minimum absolute atomic E-state index is 0. The van der Waals surface area contributed by atoms with E-state index in [1.54, 1.807) is 19.9 Å². The standard InChI is InChI=1S/C8H10O3.2Na.2H/c1-4-6(3)8(10)11-7(9)5-2;;;;/h4-5H,2H2,1,3H3;;;;/q;2*+1;2*-1. The molecule has 0 aliphatic heterocycles. The first-order valence-electron chi connectivity index (χ1n) is 3.13. The normalized spacial score (nSPS) is 8.92. The maximum Gasteiger partial charge on any atom is 1.00 e. The summed E-state index contributed by atoms with van der Waals surface area (Å²) in [6, 6.07) is 0. The summed E-state index contributed by atoms with van der Waals surface area (Å²) in [7, 11) is 0. The van der Waals surface area contributed by atoms with Gasteiger partial charge in [-0.15, -0.1) is 0 Å². The fourth-order valence-corrected chi connectivity index (χ4v) is 0.331. The van der Waals surface area contributed by atoms with Crippen LogP contribution in [-0.4, -0.2) is 11.9 Å². The Morgan fingerprint density at radius 2 is 1.85 bits per heavy atom. The monoisotopic (exact) mass is 202 g/mol. The fourth-order valence-electron chi connectivity index (χ4n) is 0.331. The molecule has 0 rings (SSSR count). The third-order valence-electron chi connectivity index (χ3n) is 1.11. The Kier molecular flexibility index (Phi) is 15.8. The van der Waals surface area contributed by atoms with Crippen LogP contribution in [0.2, 0.25) is 0 Å². The molecule has 0 aromatic carbocycles. The minimum Gasteiger partial charge on any atom is -1.00 e. The number of allylic oxidation sites excluding steroid dienone is 1. The molecular weight excluding hydrogens is 190 g/mol. The van der Waals surface area contributed by atoms with E-state index < -0.39 is 11.9 Å². The maximum absolute atomic E-state index is 10.8. The summed E-state index contributed by atoms with van der Waals surface area (Å²) >= 11 is 0. The predicted octanol–water partition coefficient (Wildman–Crippen LogP) is -4.56. The molecule has 3 nitrogen and oxygen atoms in total. The quantitative estimate of drug-likeness (QED) is 0.196. The Morgan fingerprint density at radius 3 is 2.15 bits per heavy atom. The minimum atomic E-state index is -0.726. The molecule has 0 saturated heterocycles. The Balaban J connectivity index is -0.0000000833. The molecule has 0 aliphatic rings. The summed E-state index contributed by atoms with van der Waals surface area (Å²) in [4.78, 5) is 21.2. The average molecular weight is 202 g/mol. The topological polar surface area (TPSA) is 43.4 Å². The molecule has 0 fully saturated rings. The van der Waals surface area contributed by atoms with E-state index in [4.69, 9.17) is 0 Å². The van der Waals surface area contributed by atoms with Gasteiger partial charge in [0, 0.05) is 11.6 Å². The van der Waals surface area contributed by atoms with Crippen molar-refractivity contribution in [1.29, 1.82) is 0 Å². The average Bonchev–Trinajstić information content (AvgIpc) is 2.02. The van der Waals surface area contributed by atoms with Crippen LogP contribution in [0.25, 0.3) is 0 Å². The zero-order valence-corrected chi connectivity index (χ0v) is 12.6. The van der Waals surface area contributed by atoms with E-state index in [9.17, 15) is 9.59 Å². The SMILES string of the molecule is C=CC(=O)OC(=O)C(C)=CC.[H-].[H-].[Na+].[Na+]. The van der Waals surface area contributed by atoms with Gasteiger partial charge in [-0.25, -0.2) is 9.59 Å². The van der Waals surface area contributed by atoms with E-state index in [2.05, 4.69) is 11.3 Å². The van der Waals surface area contributed by atoms with E-state index >= 15 is 0 Å². The number of rotatable bonds is 2. The van der Waals surface area contributed by atoms with E-state index in [-0.39, 0.29) is 62.0 Å². The van der Waals surface area contributed by atoms with E-state index in [0.717, 1.165) is 6.08 Å². The number of hydrogen-bond acceptors (Lipinski definition) is 3. The van der Waals surface area contributed by atoms with E-state index in [1.165, 1.54) is 0 Å². The largest absolute Gasteiger partial charge is 1.00 e. The summed E-state index contributed by atoms with van der Waals surface area (Å²) in [5.41, 5.74) is 0.403. The molecular formula is C8H12Na2O3.